The Hall–Kier alpha value is -2.11. The molecule has 0 radical (unpaired) electrons. The Kier molecular flexibility index (Phi) is 3.77. The average Bonchev–Trinajstić information content (AvgIpc) is 2.97. The summed E-state index contributed by atoms with van der Waals surface area (Å²) >= 11 is 5.92. The molecule has 0 saturated carbocycles. The van der Waals surface area contributed by atoms with Gasteiger partial charge in [0.1, 0.15) is 6.17 Å². The van der Waals surface area contributed by atoms with E-state index in [-0.39, 0.29) is 16.8 Å². The van der Waals surface area contributed by atoms with E-state index in [1.165, 1.54) is 12.1 Å². The molecule has 1 fully saturated rings. The first-order valence-electron chi connectivity index (χ1n) is 6.65. The van der Waals surface area contributed by atoms with E-state index in [9.17, 15) is 10.1 Å². The lowest BCUT2D eigenvalue weighted by molar-refractivity contribution is -0.384. The van der Waals surface area contributed by atoms with Crippen LogP contribution in [0.15, 0.2) is 48.5 Å². The van der Waals surface area contributed by atoms with Gasteiger partial charge in [0, 0.05) is 35.9 Å². The van der Waals surface area contributed by atoms with Crippen LogP contribution in [0.5, 0.6) is 0 Å². The van der Waals surface area contributed by atoms with E-state index in [2.05, 4.69) is 10.2 Å². The van der Waals surface area contributed by atoms with Crippen molar-refractivity contribution in [2.24, 2.45) is 0 Å². The average molecular weight is 304 g/mol. The molecular formula is C15H14ClN3O2. The molecule has 6 heteroatoms. The number of halogens is 1. The summed E-state index contributed by atoms with van der Waals surface area (Å²) in [6.45, 7) is 1.72. The summed E-state index contributed by atoms with van der Waals surface area (Å²) in [4.78, 5) is 12.5. The fourth-order valence-electron chi connectivity index (χ4n) is 2.55. The van der Waals surface area contributed by atoms with Gasteiger partial charge in [-0.1, -0.05) is 23.7 Å². The molecule has 0 aliphatic carbocycles. The van der Waals surface area contributed by atoms with Gasteiger partial charge >= 0.3 is 0 Å². The third kappa shape index (κ3) is 2.84. The molecule has 1 heterocycles. The highest BCUT2D eigenvalue weighted by Crippen LogP contribution is 2.29. The number of nitrogens with zero attached hydrogens (tertiary/aromatic N) is 2. The first-order chi connectivity index (χ1) is 10.1. The van der Waals surface area contributed by atoms with E-state index >= 15 is 0 Å². The molecule has 3 rings (SSSR count). The molecular weight excluding hydrogens is 290 g/mol. The first-order valence-corrected chi connectivity index (χ1v) is 7.03. The van der Waals surface area contributed by atoms with Gasteiger partial charge in [-0.25, -0.2) is 0 Å². The van der Waals surface area contributed by atoms with Crippen LogP contribution >= 0.6 is 11.6 Å². The lowest BCUT2D eigenvalue weighted by Crippen LogP contribution is -2.27. The maximum absolute atomic E-state index is 10.7. The molecule has 2 aromatic rings. The van der Waals surface area contributed by atoms with Crippen LogP contribution in [0.3, 0.4) is 0 Å². The summed E-state index contributed by atoms with van der Waals surface area (Å²) in [6, 6.07) is 14.4. The van der Waals surface area contributed by atoms with Crippen LogP contribution in [0.4, 0.5) is 11.4 Å². The molecule has 0 amide bonds. The fourth-order valence-corrected chi connectivity index (χ4v) is 2.67. The van der Waals surface area contributed by atoms with Crippen molar-refractivity contribution in [2.45, 2.75) is 6.17 Å². The Bertz CT molecular complexity index is 643. The lowest BCUT2D eigenvalue weighted by atomic mass is 10.1. The monoisotopic (exact) mass is 303 g/mol. The first kappa shape index (κ1) is 13.9. The van der Waals surface area contributed by atoms with Gasteiger partial charge in [-0.3, -0.25) is 15.4 Å². The molecule has 1 aliphatic heterocycles. The van der Waals surface area contributed by atoms with Crippen molar-refractivity contribution in [1.29, 1.82) is 0 Å². The van der Waals surface area contributed by atoms with Crippen molar-refractivity contribution in [3.05, 3.63) is 69.2 Å². The minimum atomic E-state index is -0.386. The summed E-state index contributed by atoms with van der Waals surface area (Å²) in [6.07, 6.45) is 0.0590. The minimum absolute atomic E-state index is 0.0590. The molecule has 1 N–H and O–H groups in total. The molecule has 1 atom stereocenters. The Morgan fingerprint density at radius 3 is 2.43 bits per heavy atom. The summed E-state index contributed by atoms with van der Waals surface area (Å²) in [5, 5.41) is 14.9. The number of nitrogens with one attached hydrogen (secondary N) is 1. The molecule has 108 valence electrons. The summed E-state index contributed by atoms with van der Waals surface area (Å²) < 4.78 is 0. The van der Waals surface area contributed by atoms with Gasteiger partial charge < -0.3 is 4.90 Å². The van der Waals surface area contributed by atoms with Crippen LogP contribution in [0.2, 0.25) is 5.02 Å². The normalized spacial score (nSPS) is 18.0. The van der Waals surface area contributed by atoms with Crippen LogP contribution in [0.25, 0.3) is 0 Å². The number of hydrogen-bond donors (Lipinski definition) is 1. The maximum Gasteiger partial charge on any atom is 0.269 e. The van der Waals surface area contributed by atoms with Crippen molar-refractivity contribution in [1.82, 2.24) is 5.32 Å². The number of nitro groups is 1. The predicted octanol–water partition coefficient (Wildman–Crippen LogP) is 3.36. The van der Waals surface area contributed by atoms with E-state index in [4.69, 9.17) is 11.6 Å². The Morgan fingerprint density at radius 2 is 1.81 bits per heavy atom. The van der Waals surface area contributed by atoms with E-state index < -0.39 is 0 Å². The van der Waals surface area contributed by atoms with Gasteiger partial charge in [0.15, 0.2) is 0 Å². The zero-order valence-corrected chi connectivity index (χ0v) is 12.0. The number of anilines is 1. The minimum Gasteiger partial charge on any atom is -0.351 e. The number of hydrogen-bond acceptors (Lipinski definition) is 4. The number of rotatable bonds is 3. The molecule has 1 aliphatic rings. The zero-order chi connectivity index (χ0) is 14.8. The summed E-state index contributed by atoms with van der Waals surface area (Å²) in [7, 11) is 0. The van der Waals surface area contributed by atoms with Gasteiger partial charge in [0.05, 0.1) is 4.92 Å². The SMILES string of the molecule is O=[N+]([O-])c1ccc(N2CCNC2c2ccc(Cl)cc2)cc1. The topological polar surface area (TPSA) is 58.4 Å². The molecule has 0 spiro atoms. The van der Waals surface area contributed by atoms with Crippen molar-refractivity contribution in [3.63, 3.8) is 0 Å². The molecule has 0 aromatic heterocycles. The summed E-state index contributed by atoms with van der Waals surface area (Å²) in [5.74, 6) is 0. The van der Waals surface area contributed by atoms with Gasteiger partial charge in [-0.2, -0.15) is 0 Å². The quantitative estimate of drug-likeness (QED) is 0.698. The van der Waals surface area contributed by atoms with E-state index in [0.717, 1.165) is 24.3 Å². The van der Waals surface area contributed by atoms with Gasteiger partial charge in [0.2, 0.25) is 0 Å². The molecule has 2 aromatic carbocycles. The van der Waals surface area contributed by atoms with Crippen LogP contribution in [0, 0.1) is 10.1 Å². The van der Waals surface area contributed by atoms with Crippen molar-refractivity contribution >= 4 is 23.0 Å². The van der Waals surface area contributed by atoms with E-state index in [1.807, 2.05) is 24.3 Å². The maximum atomic E-state index is 10.7. The number of benzene rings is 2. The predicted molar refractivity (Wildman–Crippen MR) is 82.6 cm³/mol. The lowest BCUT2D eigenvalue weighted by Gasteiger charge is -2.26. The summed E-state index contributed by atoms with van der Waals surface area (Å²) in [5.41, 5.74) is 2.19. The second kappa shape index (κ2) is 5.71. The van der Waals surface area contributed by atoms with Crippen LogP contribution in [0.1, 0.15) is 11.7 Å². The smallest absolute Gasteiger partial charge is 0.269 e. The number of non-ortho nitro benzene ring substituents is 1. The highest BCUT2D eigenvalue weighted by molar-refractivity contribution is 6.30. The van der Waals surface area contributed by atoms with Crippen LogP contribution in [-0.2, 0) is 0 Å². The standard InChI is InChI=1S/C15H14ClN3O2/c16-12-3-1-11(2-4-12)15-17-9-10-18(15)13-5-7-14(8-6-13)19(20)21/h1-8,15,17H,9-10H2. The van der Waals surface area contributed by atoms with Crippen LogP contribution in [-0.4, -0.2) is 18.0 Å². The fraction of sp³-hybridized carbons (Fsp3) is 0.200. The second-order valence-electron chi connectivity index (χ2n) is 4.88. The molecule has 5 nitrogen and oxygen atoms in total. The highest BCUT2D eigenvalue weighted by Gasteiger charge is 2.25. The Balaban J connectivity index is 1.86. The van der Waals surface area contributed by atoms with Gasteiger partial charge in [-0.15, -0.1) is 0 Å². The van der Waals surface area contributed by atoms with Gasteiger partial charge in [0.25, 0.3) is 5.69 Å². The largest absolute Gasteiger partial charge is 0.351 e. The third-order valence-electron chi connectivity index (χ3n) is 3.58. The van der Waals surface area contributed by atoms with E-state index in [1.54, 1.807) is 12.1 Å². The number of nitro benzene ring substituents is 1. The van der Waals surface area contributed by atoms with Crippen molar-refractivity contribution in [3.8, 4) is 0 Å². The molecule has 1 unspecified atom stereocenters. The molecule has 21 heavy (non-hydrogen) atoms. The van der Waals surface area contributed by atoms with E-state index in [0.29, 0.717) is 5.02 Å². The second-order valence-corrected chi connectivity index (χ2v) is 5.31. The third-order valence-corrected chi connectivity index (χ3v) is 3.83. The zero-order valence-electron chi connectivity index (χ0n) is 11.2. The molecule has 0 bridgehead atoms. The van der Waals surface area contributed by atoms with Crippen LogP contribution < -0.4 is 10.2 Å². The Labute approximate surface area is 127 Å². The highest BCUT2D eigenvalue weighted by atomic mass is 35.5. The molecule has 1 saturated heterocycles. The Morgan fingerprint density at radius 1 is 1.14 bits per heavy atom. The van der Waals surface area contributed by atoms with Crippen molar-refractivity contribution < 1.29 is 4.92 Å². The van der Waals surface area contributed by atoms with Crippen molar-refractivity contribution in [2.75, 3.05) is 18.0 Å². The van der Waals surface area contributed by atoms with Gasteiger partial charge in [-0.05, 0) is 29.8 Å².